The Kier molecular flexibility index (Phi) is 5.99. The van der Waals surface area contributed by atoms with Crippen molar-refractivity contribution in [2.75, 3.05) is 33.2 Å². The molecule has 1 aromatic carbocycles. The Bertz CT molecular complexity index is 1060. The number of methoxy groups -OCH3 is 2. The van der Waals surface area contributed by atoms with Crippen LogP contribution in [0.2, 0.25) is 10.0 Å². The van der Waals surface area contributed by atoms with E-state index in [0.717, 1.165) is 12.8 Å². The predicted molar refractivity (Wildman–Crippen MR) is 117 cm³/mol. The highest BCUT2D eigenvalue weighted by molar-refractivity contribution is 6.41. The molecule has 0 radical (unpaired) electrons. The van der Waals surface area contributed by atoms with Gasteiger partial charge in [-0.15, -0.1) is 0 Å². The van der Waals surface area contributed by atoms with E-state index in [-0.39, 0.29) is 12.0 Å². The molecule has 3 heterocycles. The van der Waals surface area contributed by atoms with Gasteiger partial charge in [-0.3, -0.25) is 0 Å². The van der Waals surface area contributed by atoms with Crippen LogP contribution in [0.15, 0.2) is 18.3 Å². The summed E-state index contributed by atoms with van der Waals surface area (Å²) in [6.07, 6.45) is 3.25. The zero-order chi connectivity index (χ0) is 21.3. The minimum atomic E-state index is 0.0756. The van der Waals surface area contributed by atoms with Crippen molar-refractivity contribution in [2.24, 2.45) is 0 Å². The average Bonchev–Trinajstić information content (AvgIpc) is 2.75. The molecule has 1 saturated heterocycles. The summed E-state index contributed by atoms with van der Waals surface area (Å²) in [5.74, 6) is 1.45. The minimum absolute atomic E-state index is 0.0756. The molecule has 4 rings (SSSR count). The summed E-state index contributed by atoms with van der Waals surface area (Å²) >= 11 is 13.2. The van der Waals surface area contributed by atoms with E-state index >= 15 is 0 Å². The summed E-state index contributed by atoms with van der Waals surface area (Å²) in [6, 6.07) is 3.50. The summed E-state index contributed by atoms with van der Waals surface area (Å²) in [6.45, 7) is 1.32. The molecule has 3 aromatic rings. The van der Waals surface area contributed by atoms with Gasteiger partial charge in [0.2, 0.25) is 5.95 Å². The fourth-order valence-corrected chi connectivity index (χ4v) is 4.05. The summed E-state index contributed by atoms with van der Waals surface area (Å²) in [7, 11) is 3.05. The molecule has 0 atom stereocenters. The molecule has 1 aliphatic rings. The average molecular weight is 449 g/mol. The number of ether oxygens (including phenoxy) is 3. The molecule has 0 amide bonds. The first-order valence-corrected chi connectivity index (χ1v) is 10.1. The fourth-order valence-electron chi connectivity index (χ4n) is 3.35. The first-order valence-electron chi connectivity index (χ1n) is 9.34. The maximum Gasteiger partial charge on any atom is 0.220 e. The van der Waals surface area contributed by atoms with Crippen LogP contribution < -0.4 is 15.2 Å². The van der Waals surface area contributed by atoms with Crippen LogP contribution in [0, 0.1) is 0 Å². The van der Waals surface area contributed by atoms with Gasteiger partial charge in [-0.2, -0.15) is 0 Å². The molecule has 0 bridgehead atoms. The van der Waals surface area contributed by atoms with Crippen molar-refractivity contribution in [2.45, 2.75) is 18.9 Å². The molecule has 0 saturated carbocycles. The smallest absolute Gasteiger partial charge is 0.220 e. The number of halogens is 2. The second kappa shape index (κ2) is 8.67. The van der Waals surface area contributed by atoms with Crippen molar-refractivity contribution >= 4 is 45.9 Å². The van der Waals surface area contributed by atoms with Gasteiger partial charge in [-0.25, -0.2) is 9.97 Å². The first kappa shape index (κ1) is 20.7. The highest BCUT2D eigenvalue weighted by Crippen LogP contribution is 2.46. The van der Waals surface area contributed by atoms with Crippen LogP contribution in [-0.4, -0.2) is 48.4 Å². The van der Waals surface area contributed by atoms with E-state index in [1.54, 1.807) is 18.3 Å². The van der Waals surface area contributed by atoms with Crippen LogP contribution in [0.5, 0.6) is 11.5 Å². The number of rotatable bonds is 5. The van der Waals surface area contributed by atoms with Gasteiger partial charge < -0.3 is 30.2 Å². The standard InChI is InChI=1S/C20H20Cl2N5O3/c1-28-13-8-14(29-2)17(22)15(16(13)21)12-7-10-9-24-20(23)27-18(10)19(26-12)25-11-3-5-30-6-4-11/h7-9,11H,3-6H2,1-2H3,(H2-,23,24,25,26,27)/q-1. The second-order valence-corrected chi connectivity index (χ2v) is 7.51. The molecule has 1 fully saturated rings. The van der Waals surface area contributed by atoms with Crippen molar-refractivity contribution in [3.8, 4) is 22.8 Å². The van der Waals surface area contributed by atoms with E-state index in [0.29, 0.717) is 62.7 Å². The summed E-state index contributed by atoms with van der Waals surface area (Å²) in [5, 5.41) is 6.19. The molecule has 2 aromatic heterocycles. The number of nitrogens with two attached hydrogens (primary N) is 1. The van der Waals surface area contributed by atoms with Crippen molar-refractivity contribution in [1.29, 1.82) is 0 Å². The van der Waals surface area contributed by atoms with Crippen LogP contribution >= 0.6 is 23.2 Å². The lowest BCUT2D eigenvalue weighted by Crippen LogP contribution is -2.19. The van der Waals surface area contributed by atoms with Crippen LogP contribution in [0.1, 0.15) is 12.8 Å². The summed E-state index contributed by atoms with van der Waals surface area (Å²) in [5.41, 5.74) is 7.37. The van der Waals surface area contributed by atoms with Crippen LogP contribution in [0.4, 0.5) is 11.8 Å². The van der Waals surface area contributed by atoms with E-state index in [9.17, 15) is 0 Å². The molecule has 0 unspecified atom stereocenters. The van der Waals surface area contributed by atoms with Crippen molar-refractivity contribution in [1.82, 2.24) is 15.0 Å². The highest BCUT2D eigenvalue weighted by atomic mass is 35.5. The maximum atomic E-state index is 6.59. The molecule has 0 spiro atoms. The number of hydrogen-bond acceptors (Lipinski definition) is 7. The lowest BCUT2D eigenvalue weighted by molar-refractivity contribution is 0.0924. The molecule has 30 heavy (non-hydrogen) atoms. The Balaban J connectivity index is 1.91. The normalized spacial score (nSPS) is 14.7. The molecule has 158 valence electrons. The Morgan fingerprint density at radius 2 is 1.73 bits per heavy atom. The number of pyridine rings is 1. The van der Waals surface area contributed by atoms with Gasteiger partial charge >= 0.3 is 0 Å². The lowest BCUT2D eigenvalue weighted by Gasteiger charge is -2.30. The topological polar surface area (TPSA) is 106 Å². The third-order valence-electron chi connectivity index (χ3n) is 4.89. The van der Waals surface area contributed by atoms with E-state index in [1.807, 2.05) is 0 Å². The second-order valence-electron chi connectivity index (χ2n) is 6.75. The van der Waals surface area contributed by atoms with Gasteiger partial charge in [0.1, 0.15) is 11.5 Å². The minimum Gasteiger partial charge on any atom is -0.495 e. The number of aromatic nitrogens is 3. The zero-order valence-electron chi connectivity index (χ0n) is 16.5. The van der Waals surface area contributed by atoms with Crippen LogP contribution in [-0.2, 0) is 4.74 Å². The third kappa shape index (κ3) is 3.90. The maximum absolute atomic E-state index is 6.59. The van der Waals surface area contributed by atoms with Gasteiger partial charge in [0.15, 0.2) is 0 Å². The van der Waals surface area contributed by atoms with Gasteiger partial charge in [-0.1, -0.05) is 23.2 Å². The number of nitrogen functional groups attached to an aromatic ring is 1. The third-order valence-corrected chi connectivity index (χ3v) is 5.64. The molecule has 1 aliphatic heterocycles. The Labute approximate surface area is 183 Å². The highest BCUT2D eigenvalue weighted by Gasteiger charge is 2.19. The number of fused-ring (bicyclic) bond motifs is 1. The zero-order valence-corrected chi connectivity index (χ0v) is 18.0. The van der Waals surface area contributed by atoms with Crippen molar-refractivity contribution in [3.05, 3.63) is 33.7 Å². The number of hydrogen-bond donors (Lipinski definition) is 1. The molecule has 8 nitrogen and oxygen atoms in total. The lowest BCUT2D eigenvalue weighted by atomic mass is 10.1. The first-order chi connectivity index (χ1) is 14.5. The van der Waals surface area contributed by atoms with Gasteiger partial charge in [-0.05, 0) is 36.5 Å². The van der Waals surface area contributed by atoms with Gasteiger partial charge in [0.05, 0.1) is 29.8 Å². The van der Waals surface area contributed by atoms with Crippen LogP contribution in [0.25, 0.3) is 27.5 Å². The summed E-state index contributed by atoms with van der Waals surface area (Å²) in [4.78, 5) is 13.2. The number of benzene rings is 1. The molecule has 2 N–H and O–H groups in total. The largest absolute Gasteiger partial charge is 0.495 e. The Hall–Kier alpha value is -2.55. The van der Waals surface area contributed by atoms with E-state index < -0.39 is 0 Å². The fraction of sp³-hybridized carbons (Fsp3) is 0.350. The molecule has 0 aliphatic carbocycles. The quantitative estimate of drug-likeness (QED) is 0.597. The molecule has 10 heteroatoms. The number of anilines is 1. The van der Waals surface area contributed by atoms with E-state index in [4.69, 9.17) is 53.4 Å². The Morgan fingerprint density at radius 3 is 2.37 bits per heavy atom. The van der Waals surface area contributed by atoms with Gasteiger partial charge in [0, 0.05) is 36.4 Å². The van der Waals surface area contributed by atoms with Gasteiger partial charge in [0.25, 0.3) is 0 Å². The van der Waals surface area contributed by atoms with E-state index in [1.165, 1.54) is 14.2 Å². The Morgan fingerprint density at radius 1 is 1.07 bits per heavy atom. The molecular formula is C20H20Cl2N5O3-. The van der Waals surface area contributed by atoms with Crippen molar-refractivity contribution < 1.29 is 14.2 Å². The number of nitrogens with zero attached hydrogens (tertiary/aromatic N) is 4. The predicted octanol–water partition coefficient (Wildman–Crippen LogP) is 4.78. The van der Waals surface area contributed by atoms with Crippen LogP contribution in [0.3, 0.4) is 0 Å². The SMILES string of the molecule is COc1cc(OC)c(Cl)c(-c2cc3cnc(N)nc3c([N-]C3CCOCC3)n2)c1Cl. The monoisotopic (exact) mass is 448 g/mol. The molecular weight excluding hydrogens is 429 g/mol. The van der Waals surface area contributed by atoms with Crippen molar-refractivity contribution in [3.63, 3.8) is 0 Å². The van der Waals surface area contributed by atoms with E-state index in [2.05, 4.69) is 9.97 Å². The summed E-state index contributed by atoms with van der Waals surface area (Å²) < 4.78 is 16.2.